The van der Waals surface area contributed by atoms with Crippen LogP contribution in [0.25, 0.3) is 0 Å². The van der Waals surface area contributed by atoms with Crippen LogP contribution in [0.15, 0.2) is 24.3 Å². The van der Waals surface area contributed by atoms with E-state index in [0.29, 0.717) is 32.0 Å². The van der Waals surface area contributed by atoms with Gasteiger partial charge < -0.3 is 14.7 Å². The summed E-state index contributed by atoms with van der Waals surface area (Å²) in [4.78, 5) is 30.8. The molecular weight excluding hydrogens is 333 g/mol. The molecule has 0 bridgehead atoms. The van der Waals surface area contributed by atoms with Crippen LogP contribution in [0.2, 0.25) is 0 Å². The van der Waals surface area contributed by atoms with E-state index in [2.05, 4.69) is 18.7 Å². The summed E-state index contributed by atoms with van der Waals surface area (Å²) in [5.74, 6) is 0.317. The molecule has 0 spiro atoms. The van der Waals surface area contributed by atoms with Crippen molar-refractivity contribution >= 4 is 17.5 Å². The standard InChI is InChI=1S/C20H28FN3O2/c1-15(2)7-8-24-14-16(13-19(24)25)20(26)23-11-9-22(10-12-23)18-5-3-17(21)4-6-18/h3-6,15-16H,7-14H2,1-2H3/t16-/m1/s1. The van der Waals surface area contributed by atoms with Crippen LogP contribution in [0.3, 0.4) is 0 Å². The zero-order chi connectivity index (χ0) is 18.7. The van der Waals surface area contributed by atoms with Crippen molar-refractivity contribution in [2.24, 2.45) is 11.8 Å². The van der Waals surface area contributed by atoms with Gasteiger partial charge in [-0.3, -0.25) is 9.59 Å². The third-order valence-electron chi connectivity index (χ3n) is 5.32. The van der Waals surface area contributed by atoms with Gasteiger partial charge in [0.05, 0.1) is 5.92 Å². The smallest absolute Gasteiger partial charge is 0.228 e. The maximum absolute atomic E-state index is 13.1. The predicted octanol–water partition coefficient (Wildman–Crippen LogP) is 2.37. The van der Waals surface area contributed by atoms with Gasteiger partial charge in [-0.25, -0.2) is 4.39 Å². The lowest BCUT2D eigenvalue weighted by Gasteiger charge is -2.37. The molecule has 2 fully saturated rings. The lowest BCUT2D eigenvalue weighted by atomic mass is 10.1. The molecule has 2 aliphatic heterocycles. The van der Waals surface area contributed by atoms with Crippen LogP contribution in [0.4, 0.5) is 10.1 Å². The Hall–Kier alpha value is -2.11. The second-order valence-electron chi connectivity index (χ2n) is 7.71. The average Bonchev–Trinajstić information content (AvgIpc) is 3.01. The van der Waals surface area contributed by atoms with Crippen molar-refractivity contribution in [3.05, 3.63) is 30.1 Å². The first kappa shape index (κ1) is 18.7. The number of likely N-dealkylation sites (tertiary alicyclic amines) is 1. The first-order valence-corrected chi connectivity index (χ1v) is 9.51. The van der Waals surface area contributed by atoms with Gasteiger partial charge in [0.25, 0.3) is 0 Å². The van der Waals surface area contributed by atoms with Crippen molar-refractivity contribution < 1.29 is 14.0 Å². The topological polar surface area (TPSA) is 43.9 Å². The highest BCUT2D eigenvalue weighted by Crippen LogP contribution is 2.23. The van der Waals surface area contributed by atoms with Crippen molar-refractivity contribution in [3.8, 4) is 0 Å². The summed E-state index contributed by atoms with van der Waals surface area (Å²) in [6, 6.07) is 6.47. The molecule has 26 heavy (non-hydrogen) atoms. The van der Waals surface area contributed by atoms with Gasteiger partial charge in [0.15, 0.2) is 0 Å². The van der Waals surface area contributed by atoms with Gasteiger partial charge in [0, 0.05) is 51.4 Å². The van der Waals surface area contributed by atoms with Crippen molar-refractivity contribution in [1.82, 2.24) is 9.80 Å². The van der Waals surface area contributed by atoms with Gasteiger partial charge >= 0.3 is 0 Å². The van der Waals surface area contributed by atoms with Gasteiger partial charge in [-0.15, -0.1) is 0 Å². The molecule has 5 nitrogen and oxygen atoms in total. The SMILES string of the molecule is CC(C)CCN1C[C@H](C(=O)N2CCN(c3ccc(F)cc3)CC2)CC1=O. The summed E-state index contributed by atoms with van der Waals surface area (Å²) in [6.45, 7) is 8.35. The Balaban J connectivity index is 1.51. The second-order valence-corrected chi connectivity index (χ2v) is 7.71. The number of hydrogen-bond acceptors (Lipinski definition) is 3. The molecule has 2 heterocycles. The molecule has 1 atom stereocenters. The minimum absolute atomic E-state index is 0.101. The van der Waals surface area contributed by atoms with Gasteiger partial charge in [0.1, 0.15) is 5.82 Å². The normalized spacial score (nSPS) is 21.0. The Morgan fingerprint density at radius 1 is 1.15 bits per heavy atom. The molecule has 2 saturated heterocycles. The molecule has 0 saturated carbocycles. The third kappa shape index (κ3) is 4.34. The minimum Gasteiger partial charge on any atom is -0.368 e. The Morgan fingerprint density at radius 3 is 2.42 bits per heavy atom. The minimum atomic E-state index is -0.240. The Bertz CT molecular complexity index is 639. The molecule has 0 aromatic heterocycles. The summed E-state index contributed by atoms with van der Waals surface area (Å²) in [5.41, 5.74) is 0.981. The number of nitrogens with zero attached hydrogens (tertiary/aromatic N) is 3. The summed E-state index contributed by atoms with van der Waals surface area (Å²) >= 11 is 0. The number of carbonyl (C=O) groups excluding carboxylic acids is 2. The van der Waals surface area contributed by atoms with E-state index in [0.717, 1.165) is 31.7 Å². The number of halogens is 1. The predicted molar refractivity (Wildman–Crippen MR) is 99.3 cm³/mol. The molecular formula is C20H28FN3O2. The Morgan fingerprint density at radius 2 is 1.81 bits per heavy atom. The van der Waals surface area contributed by atoms with Crippen molar-refractivity contribution in [2.75, 3.05) is 44.2 Å². The Kier molecular flexibility index (Phi) is 5.79. The summed E-state index contributed by atoms with van der Waals surface area (Å²) in [7, 11) is 0. The van der Waals surface area contributed by atoms with Crippen molar-refractivity contribution in [1.29, 1.82) is 0 Å². The maximum atomic E-state index is 13.1. The van der Waals surface area contributed by atoms with Crippen LogP contribution in [-0.2, 0) is 9.59 Å². The van der Waals surface area contributed by atoms with E-state index >= 15 is 0 Å². The number of anilines is 1. The Labute approximate surface area is 154 Å². The molecule has 0 unspecified atom stereocenters. The van der Waals surface area contributed by atoms with E-state index in [1.165, 1.54) is 12.1 Å². The van der Waals surface area contributed by atoms with E-state index in [1.54, 1.807) is 12.1 Å². The number of piperazine rings is 1. The zero-order valence-electron chi connectivity index (χ0n) is 15.7. The van der Waals surface area contributed by atoms with Gasteiger partial charge in [0.2, 0.25) is 11.8 Å². The van der Waals surface area contributed by atoms with Gasteiger partial charge in [-0.05, 0) is 36.6 Å². The van der Waals surface area contributed by atoms with Crippen LogP contribution >= 0.6 is 0 Å². The van der Waals surface area contributed by atoms with Gasteiger partial charge in [-0.1, -0.05) is 13.8 Å². The zero-order valence-corrected chi connectivity index (χ0v) is 15.7. The monoisotopic (exact) mass is 361 g/mol. The second kappa shape index (κ2) is 8.06. The maximum Gasteiger partial charge on any atom is 0.228 e. The van der Waals surface area contributed by atoms with Gasteiger partial charge in [-0.2, -0.15) is 0 Å². The van der Waals surface area contributed by atoms with E-state index in [-0.39, 0.29) is 23.5 Å². The number of rotatable bonds is 5. The fourth-order valence-electron chi connectivity index (χ4n) is 3.66. The lowest BCUT2D eigenvalue weighted by Crippen LogP contribution is -2.50. The molecule has 2 aliphatic rings. The number of carbonyl (C=O) groups is 2. The number of hydrogen-bond donors (Lipinski definition) is 0. The summed E-state index contributed by atoms with van der Waals surface area (Å²) in [5, 5.41) is 0. The molecule has 0 N–H and O–H groups in total. The molecule has 142 valence electrons. The molecule has 2 amide bonds. The van der Waals surface area contributed by atoms with Crippen LogP contribution in [0.5, 0.6) is 0 Å². The lowest BCUT2D eigenvalue weighted by molar-refractivity contribution is -0.136. The number of benzene rings is 1. The first-order valence-electron chi connectivity index (χ1n) is 9.51. The van der Waals surface area contributed by atoms with E-state index in [4.69, 9.17) is 0 Å². The number of amides is 2. The highest BCUT2D eigenvalue weighted by Gasteiger charge is 2.37. The van der Waals surface area contributed by atoms with E-state index in [1.807, 2.05) is 9.80 Å². The molecule has 1 aromatic carbocycles. The highest BCUT2D eigenvalue weighted by molar-refractivity contribution is 5.89. The fourth-order valence-corrected chi connectivity index (χ4v) is 3.66. The average molecular weight is 361 g/mol. The van der Waals surface area contributed by atoms with Crippen molar-refractivity contribution in [2.45, 2.75) is 26.7 Å². The van der Waals surface area contributed by atoms with E-state index < -0.39 is 0 Å². The van der Waals surface area contributed by atoms with Crippen LogP contribution in [0, 0.1) is 17.7 Å². The first-order chi connectivity index (χ1) is 12.4. The van der Waals surface area contributed by atoms with Crippen LogP contribution in [-0.4, -0.2) is 60.9 Å². The largest absolute Gasteiger partial charge is 0.368 e. The molecule has 0 radical (unpaired) electrons. The highest BCUT2D eigenvalue weighted by atomic mass is 19.1. The quantitative estimate of drug-likeness (QED) is 0.809. The third-order valence-corrected chi connectivity index (χ3v) is 5.32. The van der Waals surface area contributed by atoms with E-state index in [9.17, 15) is 14.0 Å². The molecule has 3 rings (SSSR count). The molecule has 1 aromatic rings. The van der Waals surface area contributed by atoms with Crippen LogP contribution in [0.1, 0.15) is 26.7 Å². The van der Waals surface area contributed by atoms with Crippen molar-refractivity contribution in [3.63, 3.8) is 0 Å². The fraction of sp³-hybridized carbons (Fsp3) is 0.600. The molecule has 6 heteroatoms. The van der Waals surface area contributed by atoms with Crippen LogP contribution < -0.4 is 4.90 Å². The summed E-state index contributed by atoms with van der Waals surface area (Å²) < 4.78 is 13.1. The molecule has 0 aliphatic carbocycles. The summed E-state index contributed by atoms with van der Waals surface area (Å²) in [6.07, 6.45) is 1.32.